The molecular formula is C22H36IN5O2. The van der Waals surface area contributed by atoms with E-state index in [1.54, 1.807) is 0 Å². The number of ether oxygens (including phenoxy) is 1. The summed E-state index contributed by atoms with van der Waals surface area (Å²) >= 11 is 0. The number of nitrogens with one attached hydrogen (secondary N) is 3. The van der Waals surface area contributed by atoms with Crippen molar-refractivity contribution < 1.29 is 9.53 Å². The van der Waals surface area contributed by atoms with Crippen molar-refractivity contribution in [1.82, 2.24) is 15.5 Å². The van der Waals surface area contributed by atoms with Crippen LogP contribution in [-0.2, 0) is 16.1 Å². The molecule has 2 fully saturated rings. The molecule has 0 radical (unpaired) electrons. The predicted molar refractivity (Wildman–Crippen MR) is 133 cm³/mol. The molecule has 7 nitrogen and oxygen atoms in total. The van der Waals surface area contributed by atoms with Crippen molar-refractivity contribution in [3.8, 4) is 0 Å². The monoisotopic (exact) mass is 529 g/mol. The maximum absolute atomic E-state index is 11.3. The molecular weight excluding hydrogens is 493 g/mol. The van der Waals surface area contributed by atoms with Gasteiger partial charge in [0.2, 0.25) is 5.91 Å². The second kappa shape index (κ2) is 12.5. The Morgan fingerprint density at radius 2 is 1.90 bits per heavy atom. The van der Waals surface area contributed by atoms with Crippen molar-refractivity contribution in [1.29, 1.82) is 0 Å². The van der Waals surface area contributed by atoms with E-state index < -0.39 is 0 Å². The van der Waals surface area contributed by atoms with Crippen LogP contribution in [-0.4, -0.2) is 62.2 Å². The molecule has 1 aromatic carbocycles. The Labute approximate surface area is 197 Å². The van der Waals surface area contributed by atoms with Gasteiger partial charge in [-0.1, -0.05) is 31.4 Å². The summed E-state index contributed by atoms with van der Waals surface area (Å²) < 4.78 is 5.58. The molecule has 1 aliphatic heterocycles. The second-order valence-corrected chi connectivity index (χ2v) is 8.05. The zero-order valence-corrected chi connectivity index (χ0v) is 20.5. The number of carbonyl (C=O) groups excluding carboxylic acids is 1. The summed E-state index contributed by atoms with van der Waals surface area (Å²) in [5.41, 5.74) is 2.11. The van der Waals surface area contributed by atoms with Crippen molar-refractivity contribution >= 4 is 41.5 Å². The number of aliphatic imine (C=N–C) groups is 1. The highest BCUT2D eigenvalue weighted by Crippen LogP contribution is 2.33. The molecule has 0 bridgehead atoms. The first kappa shape index (κ1) is 24.9. The molecule has 168 valence electrons. The molecule has 0 unspecified atom stereocenters. The number of guanidine groups is 1. The van der Waals surface area contributed by atoms with Gasteiger partial charge < -0.3 is 20.7 Å². The molecule has 0 aromatic heterocycles. The highest BCUT2D eigenvalue weighted by Gasteiger charge is 2.38. The first-order valence-corrected chi connectivity index (χ1v) is 10.8. The van der Waals surface area contributed by atoms with Crippen LogP contribution >= 0.6 is 24.0 Å². The maximum Gasteiger partial charge on any atom is 0.221 e. The fourth-order valence-electron chi connectivity index (χ4n) is 4.47. The average molecular weight is 529 g/mol. The van der Waals surface area contributed by atoms with E-state index in [1.165, 1.54) is 39.0 Å². The van der Waals surface area contributed by atoms with Crippen molar-refractivity contribution in [3.63, 3.8) is 0 Å². The molecule has 1 aromatic rings. The fraction of sp³-hybridized carbons (Fsp3) is 0.636. The Kier molecular flexibility index (Phi) is 10.3. The molecule has 3 rings (SSSR count). The van der Waals surface area contributed by atoms with E-state index in [2.05, 4.69) is 25.8 Å². The van der Waals surface area contributed by atoms with Crippen LogP contribution in [0.2, 0.25) is 0 Å². The fourth-order valence-corrected chi connectivity index (χ4v) is 4.47. The van der Waals surface area contributed by atoms with E-state index in [9.17, 15) is 4.79 Å². The third-order valence-electron chi connectivity index (χ3n) is 5.98. The quantitative estimate of drug-likeness (QED) is 0.300. The molecule has 30 heavy (non-hydrogen) atoms. The van der Waals surface area contributed by atoms with Crippen LogP contribution < -0.4 is 16.0 Å². The number of carbonyl (C=O) groups is 1. The Morgan fingerprint density at radius 3 is 2.57 bits per heavy atom. The molecule has 0 atom stereocenters. The highest BCUT2D eigenvalue weighted by molar-refractivity contribution is 14.0. The third-order valence-corrected chi connectivity index (χ3v) is 5.98. The average Bonchev–Trinajstić information content (AvgIpc) is 2.75. The van der Waals surface area contributed by atoms with Crippen molar-refractivity contribution in [2.45, 2.75) is 51.1 Å². The van der Waals surface area contributed by atoms with Gasteiger partial charge in [0.25, 0.3) is 0 Å². The van der Waals surface area contributed by atoms with E-state index in [1.807, 2.05) is 31.3 Å². The van der Waals surface area contributed by atoms with Gasteiger partial charge in [0, 0.05) is 51.4 Å². The zero-order chi connectivity index (χ0) is 20.5. The number of rotatable bonds is 6. The van der Waals surface area contributed by atoms with E-state index in [-0.39, 0.29) is 35.4 Å². The van der Waals surface area contributed by atoms with E-state index in [0.717, 1.165) is 50.1 Å². The lowest BCUT2D eigenvalue weighted by Gasteiger charge is -2.48. The molecule has 3 N–H and O–H groups in total. The van der Waals surface area contributed by atoms with Crippen molar-refractivity contribution in [2.24, 2.45) is 4.99 Å². The Morgan fingerprint density at radius 1 is 1.17 bits per heavy atom. The van der Waals surface area contributed by atoms with Crippen LogP contribution in [0.3, 0.4) is 0 Å². The topological polar surface area (TPSA) is 78.0 Å². The van der Waals surface area contributed by atoms with Gasteiger partial charge in [-0.2, -0.15) is 0 Å². The molecule has 8 heteroatoms. The molecule has 1 heterocycles. The van der Waals surface area contributed by atoms with Gasteiger partial charge in [-0.15, -0.1) is 24.0 Å². The number of anilines is 1. The Bertz CT molecular complexity index is 701. The van der Waals surface area contributed by atoms with Gasteiger partial charge in [0.1, 0.15) is 0 Å². The second-order valence-electron chi connectivity index (χ2n) is 8.05. The largest absolute Gasteiger partial charge is 0.379 e. The number of morpholine rings is 1. The summed E-state index contributed by atoms with van der Waals surface area (Å²) in [5, 5.41) is 9.82. The minimum Gasteiger partial charge on any atom is -0.379 e. The maximum atomic E-state index is 11.3. The normalized spacial score (nSPS) is 19.5. The molecule has 1 saturated heterocycles. The van der Waals surface area contributed by atoms with Gasteiger partial charge in [-0.3, -0.25) is 14.7 Å². The SMILES string of the molecule is CN=C(NCc1cccc(NC(C)=O)c1)NCC1(N2CCOCC2)CCCCC1.I. The zero-order valence-electron chi connectivity index (χ0n) is 18.2. The first-order chi connectivity index (χ1) is 14.1. The molecule has 1 saturated carbocycles. The van der Waals surface area contributed by atoms with Crippen LogP contribution in [0, 0.1) is 0 Å². The smallest absolute Gasteiger partial charge is 0.221 e. The standard InChI is InChI=1S/C22H35N5O2.HI/c1-18(28)26-20-8-6-7-19(15-20)16-24-21(23-2)25-17-22(9-4-3-5-10-22)27-11-13-29-14-12-27;/h6-8,15H,3-5,9-14,16-17H2,1-2H3,(H,26,28)(H2,23,24,25);1H. The summed E-state index contributed by atoms with van der Waals surface area (Å²) in [4.78, 5) is 18.3. The summed E-state index contributed by atoms with van der Waals surface area (Å²) in [6.07, 6.45) is 6.39. The summed E-state index contributed by atoms with van der Waals surface area (Å²) in [7, 11) is 1.81. The third kappa shape index (κ3) is 7.09. The number of hydrogen-bond donors (Lipinski definition) is 3. The van der Waals surface area contributed by atoms with Crippen LogP contribution in [0.4, 0.5) is 5.69 Å². The van der Waals surface area contributed by atoms with E-state index >= 15 is 0 Å². The summed E-state index contributed by atoms with van der Waals surface area (Å²) in [6, 6.07) is 7.88. The van der Waals surface area contributed by atoms with Crippen LogP contribution in [0.1, 0.15) is 44.6 Å². The Hall–Kier alpha value is -1.39. The minimum absolute atomic E-state index is 0. The van der Waals surface area contributed by atoms with E-state index in [4.69, 9.17) is 4.74 Å². The van der Waals surface area contributed by atoms with E-state index in [0.29, 0.717) is 6.54 Å². The predicted octanol–water partition coefficient (Wildman–Crippen LogP) is 2.96. The number of hydrogen-bond acceptors (Lipinski definition) is 4. The highest BCUT2D eigenvalue weighted by atomic mass is 127. The first-order valence-electron chi connectivity index (χ1n) is 10.8. The lowest BCUT2D eigenvalue weighted by Crippen LogP contribution is -2.60. The summed E-state index contributed by atoms with van der Waals surface area (Å²) in [6.45, 7) is 6.77. The van der Waals surface area contributed by atoms with Crippen LogP contribution in [0.15, 0.2) is 29.3 Å². The molecule has 1 amide bonds. The van der Waals surface area contributed by atoms with Gasteiger partial charge in [0.05, 0.1) is 13.2 Å². The van der Waals surface area contributed by atoms with Gasteiger partial charge in [-0.25, -0.2) is 0 Å². The van der Waals surface area contributed by atoms with Crippen molar-refractivity contribution in [2.75, 3.05) is 45.2 Å². The van der Waals surface area contributed by atoms with Gasteiger partial charge in [-0.05, 0) is 30.5 Å². The van der Waals surface area contributed by atoms with Gasteiger partial charge in [0.15, 0.2) is 5.96 Å². The van der Waals surface area contributed by atoms with Gasteiger partial charge >= 0.3 is 0 Å². The van der Waals surface area contributed by atoms with Crippen LogP contribution in [0.25, 0.3) is 0 Å². The van der Waals surface area contributed by atoms with Crippen molar-refractivity contribution in [3.05, 3.63) is 29.8 Å². The lowest BCUT2D eigenvalue weighted by molar-refractivity contribution is -0.114. The minimum atomic E-state index is -0.0616. The number of benzene rings is 1. The Balaban J connectivity index is 0.00000320. The summed E-state index contributed by atoms with van der Waals surface area (Å²) in [5.74, 6) is 0.751. The number of halogens is 1. The number of nitrogens with zero attached hydrogens (tertiary/aromatic N) is 2. The number of amides is 1. The van der Waals surface area contributed by atoms with Crippen LogP contribution in [0.5, 0.6) is 0 Å². The molecule has 0 spiro atoms. The molecule has 2 aliphatic rings. The molecule has 1 aliphatic carbocycles. The lowest BCUT2D eigenvalue weighted by atomic mass is 9.80.